The summed E-state index contributed by atoms with van der Waals surface area (Å²) in [6.07, 6.45) is 4.15. The van der Waals surface area contributed by atoms with Crippen LogP contribution >= 0.6 is 0 Å². The highest BCUT2D eigenvalue weighted by Crippen LogP contribution is 2.22. The zero-order valence-electron chi connectivity index (χ0n) is 20.5. The number of esters is 2. The number of carbonyl (C=O) groups excluding carboxylic acids is 3. The van der Waals surface area contributed by atoms with E-state index in [-0.39, 0.29) is 11.7 Å². The van der Waals surface area contributed by atoms with Gasteiger partial charge in [0.2, 0.25) is 0 Å². The van der Waals surface area contributed by atoms with Crippen LogP contribution in [0.3, 0.4) is 0 Å². The van der Waals surface area contributed by atoms with Crippen LogP contribution in [0.2, 0.25) is 0 Å². The molecule has 188 valence electrons. The number of para-hydroxylation sites is 2. The molecule has 38 heavy (non-hydrogen) atoms. The van der Waals surface area contributed by atoms with Crippen molar-refractivity contribution in [3.05, 3.63) is 137 Å². The molecule has 4 aromatic carbocycles. The predicted molar refractivity (Wildman–Crippen MR) is 145 cm³/mol. The molecule has 0 aromatic heterocycles. The molecule has 0 spiro atoms. The summed E-state index contributed by atoms with van der Waals surface area (Å²) in [6.45, 7) is 1.93. The lowest BCUT2D eigenvalue weighted by Gasteiger charge is -2.08. The van der Waals surface area contributed by atoms with Crippen LogP contribution in [0.5, 0.6) is 11.5 Å². The van der Waals surface area contributed by atoms with E-state index in [1.807, 2.05) is 25.1 Å². The van der Waals surface area contributed by atoms with Gasteiger partial charge < -0.3 is 9.47 Å². The van der Waals surface area contributed by atoms with Crippen LogP contribution < -0.4 is 14.9 Å². The van der Waals surface area contributed by atoms with E-state index in [9.17, 15) is 14.4 Å². The highest BCUT2D eigenvalue weighted by atomic mass is 16.5. The number of benzene rings is 4. The summed E-state index contributed by atoms with van der Waals surface area (Å²) < 4.78 is 11.0. The molecule has 4 aromatic rings. The second-order valence-corrected chi connectivity index (χ2v) is 8.15. The Morgan fingerprint density at radius 3 is 2.00 bits per heavy atom. The number of rotatable bonds is 8. The summed E-state index contributed by atoms with van der Waals surface area (Å²) in [7, 11) is 0. The molecule has 7 heteroatoms. The maximum atomic E-state index is 12.6. The third kappa shape index (κ3) is 7.11. The van der Waals surface area contributed by atoms with Gasteiger partial charge in [0.1, 0.15) is 11.5 Å². The van der Waals surface area contributed by atoms with Gasteiger partial charge in [-0.3, -0.25) is 4.79 Å². The number of hydrazone groups is 1. The summed E-state index contributed by atoms with van der Waals surface area (Å²) in [5.41, 5.74) is 5.40. The molecule has 0 fully saturated rings. The fraction of sp³-hybridized carbons (Fsp3) is 0.0323. The van der Waals surface area contributed by atoms with Crippen LogP contribution in [0, 0.1) is 6.92 Å². The van der Waals surface area contributed by atoms with Crippen LogP contribution in [0.1, 0.15) is 37.4 Å². The van der Waals surface area contributed by atoms with Gasteiger partial charge in [-0.2, -0.15) is 5.10 Å². The number of ether oxygens (including phenoxy) is 2. The smallest absolute Gasteiger partial charge is 0.343 e. The van der Waals surface area contributed by atoms with Crippen LogP contribution in [0.15, 0.2) is 114 Å². The van der Waals surface area contributed by atoms with Crippen molar-refractivity contribution < 1.29 is 23.9 Å². The van der Waals surface area contributed by atoms with E-state index in [0.29, 0.717) is 28.0 Å². The largest absolute Gasteiger partial charge is 0.423 e. The molecule has 0 heterocycles. The molecule has 0 bridgehead atoms. The van der Waals surface area contributed by atoms with Crippen molar-refractivity contribution in [2.45, 2.75) is 6.92 Å². The van der Waals surface area contributed by atoms with E-state index in [1.54, 1.807) is 84.9 Å². The molecular weight excluding hydrogens is 480 g/mol. The number of nitrogens with one attached hydrogen (secondary N) is 1. The number of amides is 1. The summed E-state index contributed by atoms with van der Waals surface area (Å²) in [6, 6.07) is 29.4. The maximum absolute atomic E-state index is 12.6. The molecule has 1 N–H and O–H groups in total. The summed E-state index contributed by atoms with van der Waals surface area (Å²) in [4.78, 5) is 37.2. The highest BCUT2D eigenvalue weighted by Gasteiger charge is 2.11. The fourth-order valence-corrected chi connectivity index (χ4v) is 3.35. The van der Waals surface area contributed by atoms with E-state index in [4.69, 9.17) is 9.47 Å². The summed E-state index contributed by atoms with van der Waals surface area (Å²) >= 11 is 0. The number of aryl methyl sites for hydroxylation is 1. The number of nitrogens with zero attached hydrogens (tertiary/aromatic N) is 1. The first-order valence-electron chi connectivity index (χ1n) is 11.7. The van der Waals surface area contributed by atoms with Crippen LogP contribution in [-0.2, 0) is 4.79 Å². The van der Waals surface area contributed by atoms with Gasteiger partial charge in [0.05, 0.1) is 11.8 Å². The minimum atomic E-state index is -0.640. The van der Waals surface area contributed by atoms with Gasteiger partial charge in [-0.15, -0.1) is 0 Å². The molecule has 1 amide bonds. The second kappa shape index (κ2) is 12.6. The van der Waals surface area contributed by atoms with Crippen molar-refractivity contribution >= 4 is 30.1 Å². The van der Waals surface area contributed by atoms with Gasteiger partial charge in [-0.05, 0) is 55.5 Å². The van der Waals surface area contributed by atoms with Crippen LogP contribution in [0.25, 0.3) is 6.08 Å². The Labute approximate surface area is 220 Å². The Morgan fingerprint density at radius 2 is 1.29 bits per heavy atom. The second-order valence-electron chi connectivity index (χ2n) is 8.15. The molecule has 0 unspecified atom stereocenters. The Kier molecular flexibility index (Phi) is 8.55. The Morgan fingerprint density at radius 1 is 0.684 bits per heavy atom. The molecule has 0 aliphatic carbocycles. The third-order valence-electron chi connectivity index (χ3n) is 5.34. The minimum Gasteiger partial charge on any atom is -0.423 e. The zero-order valence-corrected chi connectivity index (χ0v) is 20.5. The molecule has 4 rings (SSSR count). The SMILES string of the molecule is Cc1ccc(C(=O)Oc2ccccc2/C=C/C(=O)Oc2ccccc2/C=N/NC(=O)c2ccccc2)cc1. The van der Waals surface area contributed by atoms with E-state index >= 15 is 0 Å². The van der Waals surface area contributed by atoms with Gasteiger partial charge in [0.25, 0.3) is 5.91 Å². The number of hydrogen-bond donors (Lipinski definition) is 1. The Bertz CT molecular complexity index is 1490. The lowest BCUT2D eigenvalue weighted by Crippen LogP contribution is -2.17. The third-order valence-corrected chi connectivity index (χ3v) is 5.34. The lowest BCUT2D eigenvalue weighted by molar-refractivity contribution is -0.128. The first kappa shape index (κ1) is 25.8. The van der Waals surface area contributed by atoms with E-state index in [1.165, 1.54) is 18.4 Å². The molecule has 0 atom stereocenters. The van der Waals surface area contributed by atoms with Crippen LogP contribution in [0.4, 0.5) is 0 Å². The molecule has 7 nitrogen and oxygen atoms in total. The molecule has 0 radical (unpaired) electrons. The quantitative estimate of drug-likeness (QED) is 0.111. The molecular formula is C31H24N2O5. The van der Waals surface area contributed by atoms with Gasteiger partial charge in [0.15, 0.2) is 0 Å². The van der Waals surface area contributed by atoms with Crippen molar-refractivity contribution in [3.63, 3.8) is 0 Å². The van der Waals surface area contributed by atoms with Crippen molar-refractivity contribution in [1.29, 1.82) is 0 Å². The fourth-order valence-electron chi connectivity index (χ4n) is 3.35. The van der Waals surface area contributed by atoms with Gasteiger partial charge in [0, 0.05) is 22.8 Å². The summed E-state index contributed by atoms with van der Waals surface area (Å²) in [5.74, 6) is -0.927. The van der Waals surface area contributed by atoms with E-state index in [2.05, 4.69) is 10.5 Å². The topological polar surface area (TPSA) is 94.1 Å². The van der Waals surface area contributed by atoms with Gasteiger partial charge in [-0.1, -0.05) is 66.2 Å². The van der Waals surface area contributed by atoms with Gasteiger partial charge in [-0.25, -0.2) is 15.0 Å². The standard InChI is InChI=1S/C31H24N2O5/c1-22-15-17-25(18-16-22)31(36)38-27-13-7-5-9-23(27)19-20-29(34)37-28-14-8-6-12-26(28)21-32-33-30(35)24-10-3-2-4-11-24/h2-21H,1H3,(H,33,35)/b20-19+,32-21+. The van der Waals surface area contributed by atoms with Crippen LogP contribution in [-0.4, -0.2) is 24.1 Å². The minimum absolute atomic E-state index is 0.263. The number of hydrogen-bond acceptors (Lipinski definition) is 6. The van der Waals surface area contributed by atoms with Crippen molar-refractivity contribution in [1.82, 2.24) is 5.43 Å². The van der Waals surface area contributed by atoms with E-state index < -0.39 is 11.9 Å². The maximum Gasteiger partial charge on any atom is 0.343 e. The number of carbonyl (C=O) groups is 3. The Balaban J connectivity index is 1.40. The predicted octanol–water partition coefficient (Wildman–Crippen LogP) is 5.60. The average molecular weight is 505 g/mol. The summed E-state index contributed by atoms with van der Waals surface area (Å²) in [5, 5.41) is 3.97. The van der Waals surface area contributed by atoms with Crippen molar-refractivity contribution in [2.75, 3.05) is 0 Å². The van der Waals surface area contributed by atoms with Gasteiger partial charge >= 0.3 is 11.9 Å². The molecule has 0 saturated heterocycles. The van der Waals surface area contributed by atoms with Crippen molar-refractivity contribution in [3.8, 4) is 11.5 Å². The normalized spacial score (nSPS) is 10.9. The molecule has 0 saturated carbocycles. The van der Waals surface area contributed by atoms with E-state index in [0.717, 1.165) is 5.56 Å². The monoisotopic (exact) mass is 504 g/mol. The molecule has 0 aliphatic heterocycles. The van der Waals surface area contributed by atoms with Crippen molar-refractivity contribution in [2.24, 2.45) is 5.10 Å². The zero-order chi connectivity index (χ0) is 26.7. The Hall–Kier alpha value is -5.30. The molecule has 0 aliphatic rings. The highest BCUT2D eigenvalue weighted by molar-refractivity contribution is 5.96. The first-order valence-corrected chi connectivity index (χ1v) is 11.7. The first-order chi connectivity index (χ1) is 18.5. The lowest BCUT2D eigenvalue weighted by atomic mass is 10.1. The average Bonchev–Trinajstić information content (AvgIpc) is 2.94.